The van der Waals surface area contributed by atoms with E-state index in [1.807, 2.05) is 29.6 Å². The van der Waals surface area contributed by atoms with Crippen molar-refractivity contribution < 1.29 is 24.6 Å². The molecule has 1 fully saturated rings. The Balaban J connectivity index is 1.72. The molecule has 1 aliphatic heterocycles. The third kappa shape index (κ3) is 4.63. The smallest absolute Gasteiger partial charge is 0.345 e. The number of hydrogen-bond acceptors (Lipinski definition) is 5. The van der Waals surface area contributed by atoms with Gasteiger partial charge >= 0.3 is 5.97 Å². The second kappa shape index (κ2) is 10.0. The first-order valence-corrected chi connectivity index (χ1v) is 11.4. The summed E-state index contributed by atoms with van der Waals surface area (Å²) < 4.78 is 11.3. The summed E-state index contributed by atoms with van der Waals surface area (Å²) in [6, 6.07) is 16.5. The first-order chi connectivity index (χ1) is 16.5. The standard InChI is InChI=1S/C28H28N2O4/c1-4-33-27(31)28(13-6-5-7-15-30-32)26(34-28)22-11-8-10-20(16-22)24-18-23(19(2)3)17-21-12-9-14-29-25(21)24/h5-19,26,32H,4H2,1-3H3/p+1/b7-5-,13-6+,30-15+. The molecule has 0 saturated carbocycles. The fourth-order valence-corrected chi connectivity index (χ4v) is 4.07. The van der Waals surface area contributed by atoms with Gasteiger partial charge in [-0.2, -0.15) is 0 Å². The SMILES string of the molecule is CCOC(=O)C1(/C=C/C=C\C=[NH+]\O)OC1c1cccc(-c2cc(C(C)C)cc3cccnc23)c1. The molecular formula is C28H29N2O4+. The molecule has 2 heterocycles. The monoisotopic (exact) mass is 457 g/mol. The lowest BCUT2D eigenvalue weighted by Gasteiger charge is -2.13. The number of benzene rings is 2. The van der Waals surface area contributed by atoms with Crippen LogP contribution in [0.4, 0.5) is 0 Å². The number of nitrogens with zero attached hydrogens (tertiary/aromatic N) is 1. The highest BCUT2D eigenvalue weighted by Gasteiger charge is 2.62. The lowest BCUT2D eigenvalue weighted by atomic mass is 9.92. The highest BCUT2D eigenvalue weighted by molar-refractivity contribution is 5.94. The van der Waals surface area contributed by atoms with E-state index in [1.54, 1.807) is 31.2 Å². The van der Waals surface area contributed by atoms with Crippen LogP contribution >= 0.6 is 0 Å². The summed E-state index contributed by atoms with van der Waals surface area (Å²) in [5, 5.41) is 11.7. The van der Waals surface area contributed by atoms with Crippen molar-refractivity contribution >= 4 is 23.1 Å². The molecule has 1 aromatic heterocycles. The summed E-state index contributed by atoms with van der Waals surface area (Å²) in [4.78, 5) is 17.4. The van der Waals surface area contributed by atoms with Crippen molar-refractivity contribution in [1.29, 1.82) is 0 Å². The Morgan fingerprint density at radius 2 is 2.06 bits per heavy atom. The average molecular weight is 458 g/mol. The van der Waals surface area contributed by atoms with Gasteiger partial charge in [0.15, 0.2) is 0 Å². The number of hydrogen-bond donors (Lipinski definition) is 2. The van der Waals surface area contributed by atoms with Crippen LogP contribution in [0, 0.1) is 0 Å². The van der Waals surface area contributed by atoms with Crippen molar-refractivity contribution in [3.8, 4) is 11.1 Å². The van der Waals surface area contributed by atoms with Crippen LogP contribution in [0.15, 0.2) is 79.0 Å². The minimum absolute atomic E-state index is 0.266. The van der Waals surface area contributed by atoms with Gasteiger partial charge in [-0.3, -0.25) is 10.2 Å². The summed E-state index contributed by atoms with van der Waals surface area (Å²) in [5.74, 6) is -0.0422. The van der Waals surface area contributed by atoms with Gasteiger partial charge in [-0.15, -0.1) is 0 Å². The molecule has 6 nitrogen and oxygen atoms in total. The molecule has 4 rings (SSSR count). The summed E-state index contributed by atoms with van der Waals surface area (Å²) >= 11 is 0. The van der Waals surface area contributed by atoms with Crippen LogP contribution in [0.2, 0.25) is 0 Å². The fraction of sp³-hybridized carbons (Fsp3) is 0.250. The largest absolute Gasteiger partial charge is 0.464 e. The molecule has 0 bridgehead atoms. The van der Waals surface area contributed by atoms with E-state index in [9.17, 15) is 4.79 Å². The number of fused-ring (bicyclic) bond motifs is 1. The number of nitrogens with one attached hydrogen (secondary N) is 1. The van der Waals surface area contributed by atoms with E-state index < -0.39 is 17.7 Å². The van der Waals surface area contributed by atoms with Gasteiger partial charge in [0, 0.05) is 23.2 Å². The van der Waals surface area contributed by atoms with Crippen molar-refractivity contribution in [3.63, 3.8) is 0 Å². The molecule has 1 aliphatic rings. The van der Waals surface area contributed by atoms with Gasteiger partial charge in [0.1, 0.15) is 6.10 Å². The Morgan fingerprint density at radius 1 is 1.21 bits per heavy atom. The average Bonchev–Trinajstić information content (AvgIpc) is 3.59. The molecule has 3 aromatic rings. The number of epoxide rings is 1. The van der Waals surface area contributed by atoms with Gasteiger partial charge in [0.25, 0.3) is 0 Å². The molecule has 2 unspecified atom stereocenters. The van der Waals surface area contributed by atoms with Crippen LogP contribution in [0.25, 0.3) is 22.0 Å². The number of rotatable bonds is 8. The van der Waals surface area contributed by atoms with E-state index in [2.05, 4.69) is 49.2 Å². The Hall–Kier alpha value is -3.77. The molecule has 0 spiro atoms. The molecular weight excluding hydrogens is 428 g/mol. The molecule has 174 valence electrons. The van der Waals surface area contributed by atoms with E-state index in [-0.39, 0.29) is 6.61 Å². The van der Waals surface area contributed by atoms with E-state index in [1.165, 1.54) is 11.8 Å². The lowest BCUT2D eigenvalue weighted by Crippen LogP contribution is -2.63. The minimum atomic E-state index is -1.17. The van der Waals surface area contributed by atoms with Crippen LogP contribution in [-0.2, 0) is 14.3 Å². The van der Waals surface area contributed by atoms with Crippen LogP contribution in [0.1, 0.15) is 43.9 Å². The zero-order valence-corrected chi connectivity index (χ0v) is 19.6. The number of carbonyl (C=O) groups is 1. The first kappa shape index (κ1) is 23.4. The van der Waals surface area contributed by atoms with E-state index in [0.29, 0.717) is 5.92 Å². The van der Waals surface area contributed by atoms with E-state index >= 15 is 0 Å². The van der Waals surface area contributed by atoms with Crippen molar-refractivity contribution in [3.05, 3.63) is 90.2 Å². The second-order valence-corrected chi connectivity index (χ2v) is 8.47. The summed E-state index contributed by atoms with van der Waals surface area (Å²) in [7, 11) is 0. The van der Waals surface area contributed by atoms with Crippen molar-refractivity contribution in [2.75, 3.05) is 6.61 Å². The highest BCUT2D eigenvalue weighted by atomic mass is 16.7. The fourth-order valence-electron chi connectivity index (χ4n) is 4.07. The van der Waals surface area contributed by atoms with Gasteiger partial charge in [-0.25, -0.2) is 4.79 Å². The van der Waals surface area contributed by atoms with Crippen LogP contribution < -0.4 is 5.16 Å². The zero-order valence-electron chi connectivity index (χ0n) is 19.6. The molecule has 34 heavy (non-hydrogen) atoms. The number of allylic oxidation sites excluding steroid dienone is 3. The van der Waals surface area contributed by atoms with Crippen LogP contribution in [0.3, 0.4) is 0 Å². The molecule has 0 amide bonds. The Kier molecular flexibility index (Phi) is 6.89. The number of esters is 1. The molecule has 0 radical (unpaired) electrons. The van der Waals surface area contributed by atoms with Gasteiger partial charge in [0.2, 0.25) is 11.8 Å². The van der Waals surface area contributed by atoms with E-state index in [0.717, 1.165) is 27.6 Å². The third-order valence-corrected chi connectivity index (χ3v) is 5.87. The molecule has 6 heteroatoms. The normalized spacial score (nSPS) is 20.2. The van der Waals surface area contributed by atoms with Crippen molar-refractivity contribution in [2.24, 2.45) is 0 Å². The van der Waals surface area contributed by atoms with Gasteiger partial charge in [-0.1, -0.05) is 50.3 Å². The van der Waals surface area contributed by atoms with Crippen molar-refractivity contribution in [1.82, 2.24) is 4.98 Å². The predicted molar refractivity (Wildman–Crippen MR) is 132 cm³/mol. The van der Waals surface area contributed by atoms with Gasteiger partial charge in [0.05, 0.1) is 12.1 Å². The molecule has 2 aromatic carbocycles. The lowest BCUT2D eigenvalue weighted by molar-refractivity contribution is -0.733. The van der Waals surface area contributed by atoms with E-state index in [4.69, 9.17) is 14.7 Å². The number of ether oxygens (including phenoxy) is 2. The molecule has 2 atom stereocenters. The Morgan fingerprint density at radius 3 is 2.82 bits per heavy atom. The summed E-state index contributed by atoms with van der Waals surface area (Å²) in [6.07, 6.45) is 9.41. The summed E-state index contributed by atoms with van der Waals surface area (Å²) in [6.45, 7) is 6.40. The van der Waals surface area contributed by atoms with Crippen molar-refractivity contribution in [2.45, 2.75) is 38.4 Å². The van der Waals surface area contributed by atoms with Gasteiger partial charge < -0.3 is 9.47 Å². The van der Waals surface area contributed by atoms with Gasteiger partial charge in [-0.05, 0) is 65.0 Å². The zero-order chi connectivity index (χ0) is 24.1. The minimum Gasteiger partial charge on any atom is -0.464 e. The predicted octanol–water partition coefficient (Wildman–Crippen LogP) is 4.05. The quantitative estimate of drug-likeness (QED) is 0.133. The summed E-state index contributed by atoms with van der Waals surface area (Å²) in [5.41, 5.74) is 3.97. The maximum Gasteiger partial charge on any atom is 0.345 e. The highest BCUT2D eigenvalue weighted by Crippen LogP contribution is 2.52. The van der Waals surface area contributed by atoms with Crippen LogP contribution in [-0.4, -0.2) is 34.6 Å². The Bertz CT molecular complexity index is 1280. The number of carbonyl (C=O) groups excluding carboxylic acids is 1. The topological polar surface area (TPSA) is 85.9 Å². The number of pyridine rings is 1. The molecule has 2 N–H and O–H groups in total. The molecule has 1 saturated heterocycles. The maximum absolute atomic E-state index is 12.8. The second-order valence-electron chi connectivity index (χ2n) is 8.47. The number of aromatic nitrogens is 1. The third-order valence-electron chi connectivity index (χ3n) is 5.87. The van der Waals surface area contributed by atoms with Crippen LogP contribution in [0.5, 0.6) is 0 Å². The Labute approximate surface area is 199 Å². The maximum atomic E-state index is 12.8. The molecule has 0 aliphatic carbocycles. The first-order valence-electron chi connectivity index (χ1n) is 11.4.